The molecule has 0 radical (unpaired) electrons. The zero-order valence-electron chi connectivity index (χ0n) is 15.2. The number of carbonyl (C=O) groups excluding carboxylic acids is 3. The van der Waals surface area contributed by atoms with Crippen LogP contribution in [0, 0.1) is 0 Å². The lowest BCUT2D eigenvalue weighted by Crippen LogP contribution is -2.35. The van der Waals surface area contributed by atoms with Crippen LogP contribution in [0.15, 0.2) is 36.6 Å². The Balaban J connectivity index is 3.57. The number of alkyl carbamates (subject to hydrolysis) is 2. The van der Waals surface area contributed by atoms with Gasteiger partial charge in [-0.1, -0.05) is 19.7 Å². The lowest BCUT2D eigenvalue weighted by molar-refractivity contribution is -0.139. The number of ether oxygens (including phenoxy) is 4. The third-order valence-corrected chi connectivity index (χ3v) is 2.63. The summed E-state index contributed by atoms with van der Waals surface area (Å²) in [4.78, 5) is 33.8. The maximum atomic E-state index is 11.4. The minimum absolute atomic E-state index is 0.0521. The maximum Gasteiger partial charge on any atom is 0.407 e. The topological polar surface area (TPSA) is 112 Å². The standard InChI is InChI=1S/C17H26N2O7/c1-12(2)14(5)23-8-10-25-16(21)18-6-7-19-17(22)26-11-9-24-15(20)13(3)4/h1,3,5-11H2,2,4H3,(H,18,21)(H,19,22). The second-order valence-corrected chi connectivity index (χ2v) is 5.09. The van der Waals surface area contributed by atoms with Gasteiger partial charge in [-0.3, -0.25) is 0 Å². The van der Waals surface area contributed by atoms with Crippen molar-refractivity contribution in [1.29, 1.82) is 0 Å². The van der Waals surface area contributed by atoms with Gasteiger partial charge in [-0.15, -0.1) is 0 Å². The lowest BCUT2D eigenvalue weighted by Gasteiger charge is -2.10. The summed E-state index contributed by atoms with van der Waals surface area (Å²) in [6.07, 6.45) is -1.34. The van der Waals surface area contributed by atoms with E-state index in [1.165, 1.54) is 6.92 Å². The predicted octanol–water partition coefficient (Wildman–Crippen LogP) is 1.66. The van der Waals surface area contributed by atoms with E-state index in [0.717, 1.165) is 0 Å². The molecule has 0 aliphatic heterocycles. The van der Waals surface area contributed by atoms with E-state index in [1.807, 2.05) is 0 Å². The van der Waals surface area contributed by atoms with Crippen molar-refractivity contribution in [3.8, 4) is 0 Å². The molecule has 0 unspecified atom stereocenters. The summed E-state index contributed by atoms with van der Waals surface area (Å²) in [6, 6.07) is 0. The van der Waals surface area contributed by atoms with E-state index in [-0.39, 0.29) is 45.1 Å². The Morgan fingerprint density at radius 2 is 1.12 bits per heavy atom. The highest BCUT2D eigenvalue weighted by Gasteiger charge is 2.06. The number of carbonyl (C=O) groups is 3. The van der Waals surface area contributed by atoms with Crippen molar-refractivity contribution in [2.75, 3.05) is 39.5 Å². The average Bonchev–Trinajstić information content (AvgIpc) is 2.58. The van der Waals surface area contributed by atoms with Crippen LogP contribution in [0.4, 0.5) is 9.59 Å². The third-order valence-electron chi connectivity index (χ3n) is 2.63. The van der Waals surface area contributed by atoms with Gasteiger partial charge in [-0.25, -0.2) is 14.4 Å². The molecule has 9 nitrogen and oxygen atoms in total. The van der Waals surface area contributed by atoms with Gasteiger partial charge in [0.1, 0.15) is 32.2 Å². The van der Waals surface area contributed by atoms with Gasteiger partial charge < -0.3 is 29.6 Å². The fourth-order valence-corrected chi connectivity index (χ4v) is 1.25. The first-order valence-corrected chi connectivity index (χ1v) is 7.85. The van der Waals surface area contributed by atoms with E-state index in [0.29, 0.717) is 11.3 Å². The maximum absolute atomic E-state index is 11.4. The lowest BCUT2D eigenvalue weighted by atomic mass is 10.3. The zero-order chi connectivity index (χ0) is 19.9. The molecule has 0 atom stereocenters. The van der Waals surface area contributed by atoms with Crippen molar-refractivity contribution in [3.63, 3.8) is 0 Å². The Hall–Kier alpha value is -2.97. The van der Waals surface area contributed by atoms with Gasteiger partial charge in [0.25, 0.3) is 0 Å². The molecule has 26 heavy (non-hydrogen) atoms. The second kappa shape index (κ2) is 13.3. The Bertz CT molecular complexity index is 495. The number of amides is 2. The quantitative estimate of drug-likeness (QED) is 0.134. The summed E-state index contributed by atoms with van der Waals surface area (Å²) in [5, 5.41) is 4.85. The first-order valence-electron chi connectivity index (χ1n) is 7.85. The molecule has 0 aromatic carbocycles. The Kier molecular flexibility index (Phi) is 11.8. The molecule has 9 heteroatoms. The molecule has 0 aliphatic rings. The first kappa shape index (κ1) is 23.0. The fourth-order valence-electron chi connectivity index (χ4n) is 1.25. The monoisotopic (exact) mass is 370 g/mol. The largest absolute Gasteiger partial charge is 0.490 e. The number of rotatable bonds is 12. The number of hydrogen-bond acceptors (Lipinski definition) is 7. The van der Waals surface area contributed by atoms with Gasteiger partial charge in [-0.2, -0.15) is 0 Å². The summed E-state index contributed by atoms with van der Waals surface area (Å²) >= 11 is 0. The van der Waals surface area contributed by atoms with E-state index >= 15 is 0 Å². The van der Waals surface area contributed by atoms with Crippen LogP contribution in [-0.4, -0.2) is 57.7 Å². The minimum Gasteiger partial charge on any atom is -0.490 e. The summed E-state index contributed by atoms with van der Waals surface area (Å²) in [6.45, 7) is 14.3. The third kappa shape index (κ3) is 12.5. The van der Waals surface area contributed by atoms with Crippen molar-refractivity contribution in [2.45, 2.75) is 13.8 Å². The molecule has 0 aromatic heterocycles. The molecular weight excluding hydrogens is 344 g/mol. The molecule has 0 saturated carbocycles. The molecule has 0 bridgehead atoms. The van der Waals surface area contributed by atoms with E-state index in [9.17, 15) is 14.4 Å². The van der Waals surface area contributed by atoms with Gasteiger partial charge in [0.15, 0.2) is 0 Å². The van der Waals surface area contributed by atoms with Crippen LogP contribution in [0.2, 0.25) is 0 Å². The van der Waals surface area contributed by atoms with Crippen molar-refractivity contribution < 1.29 is 33.3 Å². The van der Waals surface area contributed by atoms with Gasteiger partial charge in [-0.05, 0) is 19.4 Å². The van der Waals surface area contributed by atoms with Crippen molar-refractivity contribution in [1.82, 2.24) is 10.6 Å². The van der Waals surface area contributed by atoms with Crippen LogP contribution in [0.25, 0.3) is 0 Å². The van der Waals surface area contributed by atoms with Crippen LogP contribution < -0.4 is 10.6 Å². The molecule has 146 valence electrons. The van der Waals surface area contributed by atoms with Gasteiger partial charge >= 0.3 is 18.2 Å². The van der Waals surface area contributed by atoms with Gasteiger partial charge in [0, 0.05) is 18.7 Å². The smallest absolute Gasteiger partial charge is 0.407 e. The number of nitrogens with one attached hydrogen (secondary N) is 2. The highest BCUT2D eigenvalue weighted by atomic mass is 16.6. The Morgan fingerprint density at radius 3 is 1.54 bits per heavy atom. The summed E-state index contributed by atoms with van der Waals surface area (Å²) in [5.41, 5.74) is 0.959. The van der Waals surface area contributed by atoms with Crippen LogP contribution >= 0.6 is 0 Å². The molecule has 0 fully saturated rings. The van der Waals surface area contributed by atoms with Gasteiger partial charge in [0.05, 0.1) is 0 Å². The minimum atomic E-state index is -0.696. The van der Waals surface area contributed by atoms with Gasteiger partial charge in [0.2, 0.25) is 0 Å². The fraction of sp³-hybridized carbons (Fsp3) is 0.471. The highest BCUT2D eigenvalue weighted by molar-refractivity contribution is 5.86. The molecule has 2 N–H and O–H groups in total. The highest BCUT2D eigenvalue weighted by Crippen LogP contribution is 2.04. The summed E-state index contributed by atoms with van der Waals surface area (Å²) < 4.78 is 19.5. The van der Waals surface area contributed by atoms with Crippen LogP contribution in [0.3, 0.4) is 0 Å². The number of allylic oxidation sites excluding steroid dienone is 1. The van der Waals surface area contributed by atoms with E-state index in [2.05, 4.69) is 30.4 Å². The number of hydrogen-bond donors (Lipinski definition) is 2. The van der Waals surface area contributed by atoms with Crippen LogP contribution in [0.1, 0.15) is 13.8 Å². The van der Waals surface area contributed by atoms with Crippen molar-refractivity contribution in [3.05, 3.63) is 36.6 Å². The Morgan fingerprint density at radius 1 is 0.692 bits per heavy atom. The van der Waals surface area contributed by atoms with Crippen molar-refractivity contribution in [2.24, 2.45) is 0 Å². The molecule has 0 saturated heterocycles. The molecular formula is C17H26N2O7. The van der Waals surface area contributed by atoms with E-state index in [1.54, 1.807) is 6.92 Å². The Labute approximate surface area is 153 Å². The molecule has 0 aromatic rings. The summed E-state index contributed by atoms with van der Waals surface area (Å²) in [5.74, 6) is -0.114. The zero-order valence-corrected chi connectivity index (χ0v) is 15.2. The molecule has 0 heterocycles. The molecule has 0 aliphatic carbocycles. The molecule has 0 rings (SSSR count). The first-order chi connectivity index (χ1) is 12.2. The summed E-state index contributed by atoms with van der Waals surface area (Å²) in [7, 11) is 0. The SMILES string of the molecule is C=C(C)C(=C)OCCOC(=O)NCCNC(=O)OCCOC(=O)C(=C)C. The molecule has 2 amide bonds. The number of esters is 1. The van der Waals surface area contributed by atoms with Crippen LogP contribution in [0.5, 0.6) is 0 Å². The van der Waals surface area contributed by atoms with Crippen molar-refractivity contribution >= 4 is 18.2 Å². The van der Waals surface area contributed by atoms with E-state index in [4.69, 9.17) is 18.9 Å². The average molecular weight is 370 g/mol. The molecule has 0 spiro atoms. The predicted molar refractivity (Wildman–Crippen MR) is 94.4 cm³/mol. The normalized spacial score (nSPS) is 9.46. The van der Waals surface area contributed by atoms with Crippen LogP contribution in [-0.2, 0) is 23.7 Å². The van der Waals surface area contributed by atoms with E-state index < -0.39 is 18.2 Å². The second-order valence-electron chi connectivity index (χ2n) is 5.09.